The first-order chi connectivity index (χ1) is 11.4. The maximum Gasteiger partial charge on any atom is 0.0553 e. The van der Waals surface area contributed by atoms with Crippen LogP contribution in [0.25, 0.3) is 10.8 Å². The average molecular weight is 303 g/mol. The zero-order valence-corrected chi connectivity index (χ0v) is 13.2. The lowest BCUT2D eigenvalue weighted by atomic mass is 10.0. The summed E-state index contributed by atoms with van der Waals surface area (Å²) in [5.41, 5.74) is 2.66. The molecule has 0 N–H and O–H groups in total. The van der Waals surface area contributed by atoms with Crippen molar-refractivity contribution >= 4 is 16.5 Å². The fourth-order valence-corrected chi connectivity index (χ4v) is 3.38. The number of benzene rings is 2. The third-order valence-electron chi connectivity index (χ3n) is 4.66. The van der Waals surface area contributed by atoms with E-state index in [1.807, 2.05) is 18.5 Å². The van der Waals surface area contributed by atoms with E-state index in [0.717, 1.165) is 32.7 Å². The molecule has 2 heterocycles. The predicted molar refractivity (Wildman–Crippen MR) is 95.7 cm³/mol. The van der Waals surface area contributed by atoms with E-state index in [0.29, 0.717) is 0 Å². The van der Waals surface area contributed by atoms with Gasteiger partial charge in [0, 0.05) is 38.9 Å². The summed E-state index contributed by atoms with van der Waals surface area (Å²) in [5, 5.41) is 2.71. The fraction of sp³-hybridized carbons (Fsp3) is 0.250. The molecule has 23 heavy (non-hydrogen) atoms. The number of nitrogens with zero attached hydrogens (tertiary/aromatic N) is 3. The van der Waals surface area contributed by atoms with Crippen molar-refractivity contribution in [2.75, 3.05) is 31.1 Å². The molecule has 1 aliphatic heterocycles. The molecule has 0 unspecified atom stereocenters. The van der Waals surface area contributed by atoms with Gasteiger partial charge in [-0.15, -0.1) is 0 Å². The Morgan fingerprint density at radius 3 is 2.48 bits per heavy atom. The van der Waals surface area contributed by atoms with Crippen LogP contribution in [0.4, 0.5) is 5.69 Å². The molecule has 0 spiro atoms. The molecule has 3 nitrogen and oxygen atoms in total. The van der Waals surface area contributed by atoms with Gasteiger partial charge in [0.2, 0.25) is 0 Å². The van der Waals surface area contributed by atoms with Crippen molar-refractivity contribution in [3.05, 3.63) is 72.6 Å². The van der Waals surface area contributed by atoms with Gasteiger partial charge in [0.25, 0.3) is 0 Å². The second kappa shape index (κ2) is 6.39. The summed E-state index contributed by atoms with van der Waals surface area (Å²) in [7, 11) is 0. The van der Waals surface area contributed by atoms with Crippen LogP contribution >= 0.6 is 0 Å². The minimum Gasteiger partial charge on any atom is -0.368 e. The van der Waals surface area contributed by atoms with E-state index in [9.17, 15) is 0 Å². The molecule has 0 bridgehead atoms. The van der Waals surface area contributed by atoms with Gasteiger partial charge >= 0.3 is 0 Å². The number of fused-ring (bicyclic) bond motifs is 1. The summed E-state index contributed by atoms with van der Waals surface area (Å²) in [5.74, 6) is 0. The van der Waals surface area contributed by atoms with Crippen LogP contribution in [0.5, 0.6) is 0 Å². The standard InChI is InChI=1S/C20H21N3/c1-2-9-20-17(5-1)6-3-7-18(20)16-22-11-13-23(14-12-22)19-8-4-10-21-15-19/h1-10,15H,11-14,16H2. The maximum absolute atomic E-state index is 4.23. The number of hydrogen-bond acceptors (Lipinski definition) is 3. The van der Waals surface area contributed by atoms with Crippen LogP contribution in [0.3, 0.4) is 0 Å². The maximum atomic E-state index is 4.23. The van der Waals surface area contributed by atoms with Crippen molar-refractivity contribution in [3.8, 4) is 0 Å². The molecule has 4 rings (SSSR count). The molecule has 0 saturated carbocycles. The van der Waals surface area contributed by atoms with Crippen molar-refractivity contribution in [1.82, 2.24) is 9.88 Å². The number of pyridine rings is 1. The highest BCUT2D eigenvalue weighted by atomic mass is 15.3. The Balaban J connectivity index is 1.45. The average Bonchev–Trinajstić information content (AvgIpc) is 2.63. The molecule has 0 amide bonds. The minimum atomic E-state index is 1.03. The molecular weight excluding hydrogens is 282 g/mol. The largest absolute Gasteiger partial charge is 0.368 e. The quantitative estimate of drug-likeness (QED) is 0.737. The van der Waals surface area contributed by atoms with Crippen LogP contribution in [-0.4, -0.2) is 36.1 Å². The zero-order chi connectivity index (χ0) is 15.5. The number of anilines is 1. The van der Waals surface area contributed by atoms with Crippen LogP contribution in [-0.2, 0) is 6.54 Å². The fourth-order valence-electron chi connectivity index (χ4n) is 3.38. The van der Waals surface area contributed by atoms with Crippen molar-refractivity contribution in [2.24, 2.45) is 0 Å². The van der Waals surface area contributed by atoms with E-state index >= 15 is 0 Å². The summed E-state index contributed by atoms with van der Waals surface area (Å²) >= 11 is 0. The number of hydrogen-bond donors (Lipinski definition) is 0. The van der Waals surface area contributed by atoms with Gasteiger partial charge in [-0.1, -0.05) is 42.5 Å². The Hall–Kier alpha value is -2.39. The molecule has 1 aromatic heterocycles. The first kappa shape index (κ1) is 14.2. The summed E-state index contributed by atoms with van der Waals surface area (Å²) < 4.78 is 0. The third kappa shape index (κ3) is 3.06. The van der Waals surface area contributed by atoms with Gasteiger partial charge < -0.3 is 4.90 Å². The first-order valence-electron chi connectivity index (χ1n) is 8.24. The third-order valence-corrected chi connectivity index (χ3v) is 4.66. The number of aromatic nitrogens is 1. The highest BCUT2D eigenvalue weighted by molar-refractivity contribution is 5.85. The Morgan fingerprint density at radius 2 is 1.65 bits per heavy atom. The minimum absolute atomic E-state index is 1.03. The smallest absolute Gasteiger partial charge is 0.0553 e. The lowest BCUT2D eigenvalue weighted by Gasteiger charge is -2.36. The van der Waals surface area contributed by atoms with E-state index < -0.39 is 0 Å². The molecule has 1 fully saturated rings. The van der Waals surface area contributed by atoms with E-state index in [1.165, 1.54) is 22.0 Å². The number of rotatable bonds is 3. The highest BCUT2D eigenvalue weighted by Crippen LogP contribution is 2.21. The summed E-state index contributed by atoms with van der Waals surface area (Å²) in [6, 6.07) is 19.4. The normalized spacial score (nSPS) is 15.9. The van der Waals surface area contributed by atoms with Gasteiger partial charge in [-0.3, -0.25) is 9.88 Å². The number of piperazine rings is 1. The SMILES string of the molecule is c1cncc(N2CCN(Cc3cccc4ccccc34)CC2)c1. The Bertz CT molecular complexity index is 772. The van der Waals surface area contributed by atoms with Crippen molar-refractivity contribution in [3.63, 3.8) is 0 Å². The summed E-state index contributed by atoms with van der Waals surface area (Å²) in [6.45, 7) is 5.35. The predicted octanol–water partition coefficient (Wildman–Crippen LogP) is 3.56. The van der Waals surface area contributed by atoms with E-state index in [-0.39, 0.29) is 0 Å². The molecule has 1 saturated heterocycles. The van der Waals surface area contributed by atoms with E-state index in [4.69, 9.17) is 0 Å². The molecular formula is C20H21N3. The monoisotopic (exact) mass is 303 g/mol. The highest BCUT2D eigenvalue weighted by Gasteiger charge is 2.17. The van der Waals surface area contributed by atoms with Crippen molar-refractivity contribution < 1.29 is 0 Å². The Labute approximate surface area is 137 Å². The van der Waals surface area contributed by atoms with Gasteiger partial charge in [-0.25, -0.2) is 0 Å². The van der Waals surface area contributed by atoms with Gasteiger partial charge in [-0.05, 0) is 28.5 Å². The second-order valence-electron chi connectivity index (χ2n) is 6.11. The van der Waals surface area contributed by atoms with Crippen LogP contribution in [0.1, 0.15) is 5.56 Å². The van der Waals surface area contributed by atoms with Gasteiger partial charge in [-0.2, -0.15) is 0 Å². The lowest BCUT2D eigenvalue weighted by Crippen LogP contribution is -2.46. The Morgan fingerprint density at radius 1 is 0.826 bits per heavy atom. The molecule has 116 valence electrons. The van der Waals surface area contributed by atoms with Gasteiger partial charge in [0.05, 0.1) is 11.9 Å². The topological polar surface area (TPSA) is 19.4 Å². The summed E-state index contributed by atoms with van der Waals surface area (Å²) in [6.07, 6.45) is 3.79. The molecule has 0 aliphatic carbocycles. The first-order valence-corrected chi connectivity index (χ1v) is 8.24. The van der Waals surface area contributed by atoms with Gasteiger partial charge in [0.1, 0.15) is 0 Å². The van der Waals surface area contributed by atoms with Crippen molar-refractivity contribution in [2.45, 2.75) is 6.54 Å². The molecule has 1 aliphatic rings. The van der Waals surface area contributed by atoms with Crippen LogP contribution in [0.2, 0.25) is 0 Å². The molecule has 3 aromatic rings. The van der Waals surface area contributed by atoms with Crippen molar-refractivity contribution in [1.29, 1.82) is 0 Å². The zero-order valence-electron chi connectivity index (χ0n) is 13.2. The lowest BCUT2D eigenvalue weighted by molar-refractivity contribution is 0.250. The molecule has 0 atom stereocenters. The van der Waals surface area contributed by atoms with E-state index in [1.54, 1.807) is 0 Å². The van der Waals surface area contributed by atoms with E-state index in [2.05, 4.69) is 63.3 Å². The molecule has 3 heteroatoms. The van der Waals surface area contributed by atoms with Gasteiger partial charge in [0.15, 0.2) is 0 Å². The second-order valence-corrected chi connectivity index (χ2v) is 6.11. The van der Waals surface area contributed by atoms with Crippen LogP contribution in [0, 0.1) is 0 Å². The van der Waals surface area contributed by atoms with Crippen LogP contribution in [0.15, 0.2) is 67.0 Å². The molecule has 2 aromatic carbocycles. The Kier molecular flexibility index (Phi) is 3.95. The molecule has 0 radical (unpaired) electrons. The van der Waals surface area contributed by atoms with Crippen LogP contribution < -0.4 is 4.90 Å². The summed E-state index contributed by atoms with van der Waals surface area (Å²) in [4.78, 5) is 9.20.